The van der Waals surface area contributed by atoms with Gasteiger partial charge in [-0.05, 0) is 42.0 Å². The van der Waals surface area contributed by atoms with E-state index in [1.165, 1.54) is 7.11 Å². The highest BCUT2D eigenvalue weighted by atomic mass is 16.5. The van der Waals surface area contributed by atoms with E-state index in [1.807, 2.05) is 72.8 Å². The van der Waals surface area contributed by atoms with Crippen molar-refractivity contribution in [3.63, 3.8) is 0 Å². The van der Waals surface area contributed by atoms with Crippen LogP contribution in [0, 0.1) is 0 Å². The number of esters is 1. The minimum absolute atomic E-state index is 0.196. The van der Waals surface area contributed by atoms with Crippen molar-refractivity contribution in [2.75, 3.05) is 12.0 Å². The molecular weight excluding hydrogens is 336 g/mol. The van der Waals surface area contributed by atoms with E-state index in [2.05, 4.69) is 17.0 Å². The third-order valence-electron chi connectivity index (χ3n) is 4.73. The average Bonchev–Trinajstić information content (AvgIpc) is 2.72. The average molecular weight is 356 g/mol. The Morgan fingerprint density at radius 2 is 1.56 bits per heavy atom. The molecule has 3 aromatic carbocycles. The molecule has 0 spiro atoms. The normalized spacial score (nSPS) is 17.4. The number of ether oxygens (including phenoxy) is 1. The summed E-state index contributed by atoms with van der Waals surface area (Å²) in [5, 5.41) is 0. The molecule has 0 N–H and O–H groups in total. The zero-order valence-corrected chi connectivity index (χ0v) is 15.1. The summed E-state index contributed by atoms with van der Waals surface area (Å²) < 4.78 is 4.78. The molecule has 1 atom stereocenters. The Kier molecular flexibility index (Phi) is 4.71. The van der Waals surface area contributed by atoms with Crippen LogP contribution in [0.2, 0.25) is 0 Å². The monoisotopic (exact) mass is 356 g/mol. The molecule has 4 nitrogen and oxygen atoms in total. The topological polar surface area (TPSA) is 41.9 Å². The first-order valence-electron chi connectivity index (χ1n) is 8.91. The van der Waals surface area contributed by atoms with Crippen molar-refractivity contribution in [2.45, 2.75) is 12.5 Å². The zero-order valence-electron chi connectivity index (χ0n) is 15.1. The fourth-order valence-corrected chi connectivity index (χ4v) is 3.32. The second-order valence-electron chi connectivity index (χ2n) is 6.40. The molecule has 0 aliphatic carbocycles. The molecule has 0 saturated carbocycles. The lowest BCUT2D eigenvalue weighted by atomic mass is 9.91. The quantitative estimate of drug-likeness (QED) is 0.607. The minimum Gasteiger partial charge on any atom is -0.465 e. The summed E-state index contributed by atoms with van der Waals surface area (Å²) >= 11 is 0. The Morgan fingerprint density at radius 3 is 2.19 bits per heavy atom. The number of anilines is 1. The highest BCUT2D eigenvalue weighted by molar-refractivity contribution is 6.06. The number of carbonyl (C=O) groups is 1. The molecule has 134 valence electrons. The van der Waals surface area contributed by atoms with E-state index in [-0.39, 0.29) is 12.0 Å². The van der Waals surface area contributed by atoms with E-state index in [0.717, 1.165) is 29.2 Å². The van der Waals surface area contributed by atoms with Crippen molar-refractivity contribution in [2.24, 2.45) is 4.99 Å². The number of carbonyl (C=O) groups excluding carboxylic acids is 1. The van der Waals surface area contributed by atoms with Crippen LogP contribution >= 0.6 is 0 Å². The van der Waals surface area contributed by atoms with Gasteiger partial charge in [-0.2, -0.15) is 0 Å². The first kappa shape index (κ1) is 17.0. The second-order valence-corrected chi connectivity index (χ2v) is 6.40. The highest BCUT2D eigenvalue weighted by Gasteiger charge is 2.36. The van der Waals surface area contributed by atoms with Gasteiger partial charge in [0.2, 0.25) is 0 Å². The molecular formula is C23H20N2O2. The molecule has 0 bridgehead atoms. The van der Waals surface area contributed by atoms with Gasteiger partial charge in [-0.15, -0.1) is 0 Å². The predicted octanol–water partition coefficient (Wildman–Crippen LogP) is 5.15. The Balaban J connectivity index is 1.65. The Bertz CT molecular complexity index is 951. The maximum atomic E-state index is 11.7. The number of benzene rings is 3. The minimum atomic E-state index is -0.318. The number of rotatable bonds is 4. The van der Waals surface area contributed by atoms with Crippen LogP contribution < -0.4 is 4.90 Å². The Morgan fingerprint density at radius 1 is 0.926 bits per heavy atom. The maximum Gasteiger partial charge on any atom is 0.337 e. The number of hydrogen-bond donors (Lipinski definition) is 0. The van der Waals surface area contributed by atoms with Crippen LogP contribution in [0.1, 0.15) is 28.4 Å². The van der Waals surface area contributed by atoms with Crippen LogP contribution in [0.4, 0.5) is 11.4 Å². The molecule has 0 amide bonds. The predicted molar refractivity (Wildman–Crippen MR) is 108 cm³/mol. The Labute approximate surface area is 158 Å². The van der Waals surface area contributed by atoms with Crippen molar-refractivity contribution in [1.29, 1.82) is 0 Å². The maximum absolute atomic E-state index is 11.7. The fourth-order valence-electron chi connectivity index (χ4n) is 3.32. The lowest BCUT2D eigenvalue weighted by Gasteiger charge is -2.44. The van der Waals surface area contributed by atoms with Gasteiger partial charge in [0.25, 0.3) is 0 Å². The SMILES string of the molecule is COC(=O)c1ccc(C2CC(=Nc3ccccc3)N2c2ccccc2)cc1. The molecule has 1 heterocycles. The van der Waals surface area contributed by atoms with Crippen LogP contribution in [-0.2, 0) is 4.74 Å². The fraction of sp³-hybridized carbons (Fsp3) is 0.130. The molecule has 0 aromatic heterocycles. The van der Waals surface area contributed by atoms with Gasteiger partial charge in [-0.25, -0.2) is 9.79 Å². The molecule has 4 heteroatoms. The molecule has 4 rings (SSSR count). The lowest BCUT2D eigenvalue weighted by molar-refractivity contribution is 0.0600. The summed E-state index contributed by atoms with van der Waals surface area (Å²) in [6, 6.07) is 28.1. The summed E-state index contributed by atoms with van der Waals surface area (Å²) in [7, 11) is 1.39. The number of hydrogen-bond acceptors (Lipinski definition) is 3. The molecule has 27 heavy (non-hydrogen) atoms. The van der Waals surface area contributed by atoms with E-state index in [4.69, 9.17) is 9.73 Å². The van der Waals surface area contributed by atoms with Crippen LogP contribution in [-0.4, -0.2) is 18.9 Å². The largest absolute Gasteiger partial charge is 0.465 e. The van der Waals surface area contributed by atoms with Gasteiger partial charge in [-0.1, -0.05) is 48.5 Å². The number of methoxy groups -OCH3 is 1. The summed E-state index contributed by atoms with van der Waals surface area (Å²) in [5.74, 6) is 0.718. The van der Waals surface area contributed by atoms with E-state index in [1.54, 1.807) is 0 Å². The number of nitrogens with zero attached hydrogens (tertiary/aromatic N) is 2. The smallest absolute Gasteiger partial charge is 0.337 e. The van der Waals surface area contributed by atoms with Crippen LogP contribution in [0.3, 0.4) is 0 Å². The van der Waals surface area contributed by atoms with Crippen molar-refractivity contribution >= 4 is 23.2 Å². The van der Waals surface area contributed by atoms with Crippen molar-refractivity contribution < 1.29 is 9.53 Å². The van der Waals surface area contributed by atoms with E-state index in [0.29, 0.717) is 5.56 Å². The first-order valence-corrected chi connectivity index (χ1v) is 8.91. The molecule has 1 aliphatic heterocycles. The van der Waals surface area contributed by atoms with Gasteiger partial charge in [0.1, 0.15) is 5.84 Å². The standard InChI is InChI=1S/C23H20N2O2/c1-27-23(26)18-14-12-17(13-15-18)21-16-22(24-19-8-4-2-5-9-19)25(21)20-10-6-3-7-11-20/h2-15,21H,16H2,1H3. The van der Waals surface area contributed by atoms with Crippen molar-refractivity contribution in [1.82, 2.24) is 0 Å². The summed E-state index contributed by atoms with van der Waals surface area (Å²) in [4.78, 5) is 18.7. The van der Waals surface area contributed by atoms with Crippen molar-refractivity contribution in [3.8, 4) is 0 Å². The number of aliphatic imine (C=N–C) groups is 1. The van der Waals surface area contributed by atoms with Crippen LogP contribution in [0.25, 0.3) is 0 Å². The van der Waals surface area contributed by atoms with Gasteiger partial charge >= 0.3 is 5.97 Å². The van der Waals surface area contributed by atoms with E-state index in [9.17, 15) is 4.79 Å². The first-order chi connectivity index (χ1) is 13.3. The van der Waals surface area contributed by atoms with Gasteiger partial charge in [0.05, 0.1) is 24.4 Å². The number of para-hydroxylation sites is 2. The molecule has 1 fully saturated rings. The summed E-state index contributed by atoms with van der Waals surface area (Å²) in [6.07, 6.45) is 0.849. The van der Waals surface area contributed by atoms with Crippen LogP contribution in [0.15, 0.2) is 89.9 Å². The van der Waals surface area contributed by atoms with Crippen LogP contribution in [0.5, 0.6) is 0 Å². The van der Waals surface area contributed by atoms with Gasteiger partial charge in [0, 0.05) is 12.1 Å². The van der Waals surface area contributed by atoms with Gasteiger partial charge < -0.3 is 9.64 Å². The molecule has 3 aromatic rings. The third-order valence-corrected chi connectivity index (χ3v) is 4.73. The lowest BCUT2D eigenvalue weighted by Crippen LogP contribution is -2.46. The van der Waals surface area contributed by atoms with Gasteiger partial charge in [-0.3, -0.25) is 0 Å². The van der Waals surface area contributed by atoms with Crippen molar-refractivity contribution in [3.05, 3.63) is 96.1 Å². The van der Waals surface area contributed by atoms with E-state index < -0.39 is 0 Å². The van der Waals surface area contributed by atoms with Gasteiger partial charge in [0.15, 0.2) is 0 Å². The third kappa shape index (κ3) is 3.47. The zero-order chi connectivity index (χ0) is 18.6. The molecule has 1 unspecified atom stereocenters. The molecule has 1 saturated heterocycles. The highest BCUT2D eigenvalue weighted by Crippen LogP contribution is 2.40. The molecule has 1 aliphatic rings. The second kappa shape index (κ2) is 7.46. The molecule has 0 radical (unpaired) electrons. The Hall–Kier alpha value is -3.40. The summed E-state index contributed by atoms with van der Waals surface area (Å²) in [5.41, 5.74) is 3.77. The van der Waals surface area contributed by atoms with E-state index >= 15 is 0 Å². The number of amidine groups is 1. The summed E-state index contributed by atoms with van der Waals surface area (Å²) in [6.45, 7) is 0.